The van der Waals surface area contributed by atoms with Crippen LogP contribution < -0.4 is 4.90 Å². The third-order valence-corrected chi connectivity index (χ3v) is 4.65. The number of allylic oxidation sites excluding steroid dienone is 2. The summed E-state index contributed by atoms with van der Waals surface area (Å²) in [7, 11) is 1.31. The molecule has 2 aliphatic rings. The van der Waals surface area contributed by atoms with Crippen molar-refractivity contribution in [3.05, 3.63) is 41.6 Å². The molecule has 3 rings (SSSR count). The van der Waals surface area contributed by atoms with Crippen LogP contribution in [0.1, 0.15) is 31.7 Å². The van der Waals surface area contributed by atoms with Gasteiger partial charge < -0.3 is 14.4 Å². The number of para-hydroxylation sites is 1. The van der Waals surface area contributed by atoms with Crippen molar-refractivity contribution in [3.63, 3.8) is 0 Å². The molecule has 0 bridgehead atoms. The Bertz CT molecular complexity index is 622. The van der Waals surface area contributed by atoms with Crippen LogP contribution in [0.4, 0.5) is 5.69 Å². The Morgan fingerprint density at radius 3 is 2.90 bits per heavy atom. The molecule has 1 aliphatic heterocycles. The van der Waals surface area contributed by atoms with Crippen LogP contribution in [0.2, 0.25) is 0 Å². The number of carbonyl (C=O) groups excluding carboxylic acids is 2. The zero-order valence-corrected chi connectivity index (χ0v) is 12.3. The average molecular weight is 285 g/mol. The lowest BCUT2D eigenvalue weighted by Crippen LogP contribution is -2.44. The van der Waals surface area contributed by atoms with E-state index in [1.807, 2.05) is 23.1 Å². The fraction of sp³-hybridized carbons (Fsp3) is 0.412. The second kappa shape index (κ2) is 5.02. The van der Waals surface area contributed by atoms with E-state index in [9.17, 15) is 9.59 Å². The summed E-state index contributed by atoms with van der Waals surface area (Å²) in [4.78, 5) is 25.4. The quantitative estimate of drug-likeness (QED) is 0.486. The third-order valence-electron chi connectivity index (χ3n) is 4.65. The zero-order chi connectivity index (χ0) is 15.0. The van der Waals surface area contributed by atoms with Crippen molar-refractivity contribution in [3.8, 4) is 0 Å². The third kappa shape index (κ3) is 1.89. The van der Waals surface area contributed by atoms with Crippen LogP contribution in [0.15, 0.2) is 36.0 Å². The van der Waals surface area contributed by atoms with E-state index in [0.29, 0.717) is 6.29 Å². The van der Waals surface area contributed by atoms with Gasteiger partial charge in [-0.05, 0) is 37.8 Å². The van der Waals surface area contributed by atoms with E-state index in [1.54, 1.807) is 0 Å². The average Bonchev–Trinajstić information content (AvgIpc) is 2.78. The van der Waals surface area contributed by atoms with Gasteiger partial charge in [0.05, 0.1) is 7.11 Å². The van der Waals surface area contributed by atoms with Crippen molar-refractivity contribution >= 4 is 17.9 Å². The number of ether oxygens (including phenoxy) is 1. The number of anilines is 1. The number of aldehydes is 1. The van der Waals surface area contributed by atoms with Gasteiger partial charge in [-0.25, -0.2) is 4.79 Å². The topological polar surface area (TPSA) is 46.6 Å². The number of rotatable bonds is 3. The smallest absolute Gasteiger partial charge is 0.336 e. The SMILES string of the molecule is COC(=O)C(C=O)N1C2=CCCCC2(C)c2ccccc21. The molecule has 0 saturated carbocycles. The van der Waals surface area contributed by atoms with Crippen LogP contribution in [-0.2, 0) is 19.7 Å². The van der Waals surface area contributed by atoms with Gasteiger partial charge >= 0.3 is 5.97 Å². The first-order valence-electron chi connectivity index (χ1n) is 7.26. The number of benzene rings is 1. The summed E-state index contributed by atoms with van der Waals surface area (Å²) in [6.07, 6.45) is 5.94. The summed E-state index contributed by atoms with van der Waals surface area (Å²) < 4.78 is 4.80. The predicted molar refractivity (Wildman–Crippen MR) is 80.1 cm³/mol. The van der Waals surface area contributed by atoms with E-state index in [2.05, 4.69) is 19.1 Å². The molecule has 0 saturated heterocycles. The molecule has 0 N–H and O–H groups in total. The highest BCUT2D eigenvalue weighted by molar-refractivity contribution is 5.98. The molecule has 0 radical (unpaired) electrons. The Hall–Kier alpha value is -2.10. The van der Waals surface area contributed by atoms with Crippen LogP contribution in [0, 0.1) is 0 Å². The molecule has 21 heavy (non-hydrogen) atoms. The number of nitrogens with zero attached hydrogens (tertiary/aromatic N) is 1. The summed E-state index contributed by atoms with van der Waals surface area (Å²) in [5.74, 6) is -0.518. The van der Waals surface area contributed by atoms with Gasteiger partial charge in [0, 0.05) is 16.8 Å². The van der Waals surface area contributed by atoms with E-state index in [1.165, 1.54) is 12.7 Å². The molecule has 1 aliphatic carbocycles. The molecule has 0 aromatic heterocycles. The van der Waals surface area contributed by atoms with Crippen molar-refractivity contribution in [2.24, 2.45) is 0 Å². The van der Waals surface area contributed by atoms with Gasteiger partial charge in [-0.15, -0.1) is 0 Å². The molecular weight excluding hydrogens is 266 g/mol. The van der Waals surface area contributed by atoms with E-state index < -0.39 is 12.0 Å². The summed E-state index contributed by atoms with van der Waals surface area (Å²) in [6.45, 7) is 2.19. The molecule has 1 heterocycles. The monoisotopic (exact) mass is 285 g/mol. The minimum absolute atomic E-state index is 0.121. The van der Waals surface area contributed by atoms with E-state index >= 15 is 0 Å². The molecular formula is C17H19NO3. The molecule has 110 valence electrons. The molecule has 4 heteroatoms. The van der Waals surface area contributed by atoms with Crippen molar-refractivity contribution < 1.29 is 14.3 Å². The molecule has 0 spiro atoms. The largest absolute Gasteiger partial charge is 0.467 e. The second-order valence-corrected chi connectivity index (χ2v) is 5.80. The maximum absolute atomic E-state index is 12.0. The van der Waals surface area contributed by atoms with Gasteiger partial charge in [-0.3, -0.25) is 0 Å². The van der Waals surface area contributed by atoms with Crippen molar-refractivity contribution in [1.82, 2.24) is 0 Å². The van der Waals surface area contributed by atoms with Crippen LogP contribution in [-0.4, -0.2) is 25.4 Å². The molecule has 2 atom stereocenters. The predicted octanol–water partition coefficient (Wildman–Crippen LogP) is 2.57. The van der Waals surface area contributed by atoms with Gasteiger partial charge in [-0.2, -0.15) is 0 Å². The Morgan fingerprint density at radius 1 is 1.43 bits per heavy atom. The fourth-order valence-corrected chi connectivity index (χ4v) is 3.61. The number of hydrogen-bond acceptors (Lipinski definition) is 4. The lowest BCUT2D eigenvalue weighted by molar-refractivity contribution is -0.143. The number of esters is 1. The van der Waals surface area contributed by atoms with Gasteiger partial charge in [0.25, 0.3) is 0 Å². The Labute approximate surface area is 124 Å². The lowest BCUT2D eigenvalue weighted by atomic mass is 9.74. The Balaban J connectivity index is 2.18. The minimum atomic E-state index is -0.915. The number of fused-ring (bicyclic) bond motifs is 3. The standard InChI is InChI=1S/C17H19NO3/c1-17-10-6-5-9-15(17)18(14(11-19)16(20)21-2)13-8-4-3-7-12(13)17/h3-4,7-9,11,14H,5-6,10H2,1-2H3. The van der Waals surface area contributed by atoms with E-state index in [4.69, 9.17) is 4.74 Å². The maximum Gasteiger partial charge on any atom is 0.336 e. The van der Waals surface area contributed by atoms with Crippen LogP contribution in [0.5, 0.6) is 0 Å². The number of hydrogen-bond donors (Lipinski definition) is 0. The van der Waals surface area contributed by atoms with Gasteiger partial charge in [-0.1, -0.05) is 24.3 Å². The highest BCUT2D eigenvalue weighted by atomic mass is 16.5. The van der Waals surface area contributed by atoms with Crippen molar-refractivity contribution in [2.75, 3.05) is 12.0 Å². The van der Waals surface area contributed by atoms with Crippen molar-refractivity contribution in [2.45, 2.75) is 37.6 Å². The highest BCUT2D eigenvalue weighted by Crippen LogP contribution is 2.53. The van der Waals surface area contributed by atoms with Gasteiger partial charge in [0.2, 0.25) is 0 Å². The van der Waals surface area contributed by atoms with E-state index in [0.717, 1.165) is 30.6 Å². The summed E-state index contributed by atoms with van der Waals surface area (Å²) in [5.41, 5.74) is 3.06. The first-order chi connectivity index (χ1) is 10.1. The van der Waals surface area contributed by atoms with E-state index in [-0.39, 0.29) is 5.41 Å². The van der Waals surface area contributed by atoms with Crippen molar-refractivity contribution in [1.29, 1.82) is 0 Å². The maximum atomic E-state index is 12.0. The van der Waals surface area contributed by atoms with Gasteiger partial charge in [0.15, 0.2) is 12.3 Å². The van der Waals surface area contributed by atoms with Gasteiger partial charge in [0.1, 0.15) is 0 Å². The lowest BCUT2D eigenvalue weighted by Gasteiger charge is -2.34. The molecule has 1 aromatic carbocycles. The molecule has 0 fully saturated rings. The second-order valence-electron chi connectivity index (χ2n) is 5.80. The van der Waals surface area contributed by atoms with Crippen LogP contribution >= 0.6 is 0 Å². The molecule has 2 unspecified atom stereocenters. The summed E-state index contributed by atoms with van der Waals surface area (Å²) in [6, 6.07) is 7.09. The molecule has 1 aromatic rings. The van der Waals surface area contributed by atoms with Crippen LogP contribution in [0.3, 0.4) is 0 Å². The number of carbonyl (C=O) groups is 2. The Morgan fingerprint density at radius 2 is 2.19 bits per heavy atom. The van der Waals surface area contributed by atoms with Crippen LogP contribution in [0.25, 0.3) is 0 Å². The normalized spacial score (nSPS) is 24.7. The summed E-state index contributed by atoms with van der Waals surface area (Å²) >= 11 is 0. The fourth-order valence-electron chi connectivity index (χ4n) is 3.61. The first-order valence-corrected chi connectivity index (χ1v) is 7.26. The number of methoxy groups -OCH3 is 1. The molecule has 4 nitrogen and oxygen atoms in total. The minimum Gasteiger partial charge on any atom is -0.467 e. The Kier molecular flexibility index (Phi) is 3.32. The highest BCUT2D eigenvalue weighted by Gasteiger charge is 2.48. The zero-order valence-electron chi connectivity index (χ0n) is 12.3. The first kappa shape index (κ1) is 13.9. The molecule has 0 amide bonds. The summed E-state index contributed by atoms with van der Waals surface area (Å²) in [5, 5.41) is 0.